The van der Waals surface area contributed by atoms with E-state index in [4.69, 9.17) is 0 Å². The summed E-state index contributed by atoms with van der Waals surface area (Å²) < 4.78 is 1.10. The Bertz CT molecular complexity index is 384. The molecule has 1 aromatic rings. The summed E-state index contributed by atoms with van der Waals surface area (Å²) in [6, 6.07) is -0.193. The summed E-state index contributed by atoms with van der Waals surface area (Å²) >= 11 is 5.12. The van der Waals surface area contributed by atoms with Gasteiger partial charge in [0.15, 0.2) is 0 Å². The molecule has 0 saturated carbocycles. The zero-order valence-electron chi connectivity index (χ0n) is 10.6. The molecule has 0 aliphatic rings. The van der Waals surface area contributed by atoms with Gasteiger partial charge in [-0.2, -0.15) is 11.3 Å². The van der Waals surface area contributed by atoms with Crippen LogP contribution in [0.2, 0.25) is 0 Å². The zero-order chi connectivity index (χ0) is 13.1. The molecule has 0 spiro atoms. The molecule has 0 aromatic carbocycles. The topological polar surface area (TPSA) is 41.1 Å². The number of thiophene rings is 1. The second kappa shape index (κ2) is 5.98. The molecule has 1 atom stereocenters. The summed E-state index contributed by atoms with van der Waals surface area (Å²) in [6.07, 6.45) is 0. The number of rotatable bonds is 4. The molecule has 0 bridgehead atoms. The van der Waals surface area contributed by atoms with Crippen molar-refractivity contribution >= 4 is 33.2 Å². The van der Waals surface area contributed by atoms with Crippen molar-refractivity contribution in [1.82, 2.24) is 10.6 Å². The average Bonchev–Trinajstić information content (AvgIpc) is 2.57. The number of carbonyl (C=O) groups excluding carboxylic acids is 1. The van der Waals surface area contributed by atoms with E-state index in [1.807, 2.05) is 33.1 Å². The van der Waals surface area contributed by atoms with E-state index < -0.39 is 0 Å². The molecular weight excluding hydrogens is 300 g/mol. The Hall–Kier alpha value is -0.390. The molecule has 1 aromatic heterocycles. The van der Waals surface area contributed by atoms with E-state index in [9.17, 15) is 4.79 Å². The standard InChI is InChI=1S/C12H19BrN2OS/c1-8(11(16)15-12(2,3)4)14-5-9-6-17-7-10(9)13/h6-8,14H,5H2,1-4H3,(H,15,16). The number of amides is 1. The van der Waals surface area contributed by atoms with E-state index in [1.54, 1.807) is 11.3 Å². The van der Waals surface area contributed by atoms with Crippen molar-refractivity contribution in [2.45, 2.75) is 45.8 Å². The highest BCUT2D eigenvalue weighted by atomic mass is 79.9. The molecular formula is C12H19BrN2OS. The maximum Gasteiger partial charge on any atom is 0.237 e. The lowest BCUT2D eigenvalue weighted by molar-refractivity contribution is -0.124. The van der Waals surface area contributed by atoms with Crippen molar-refractivity contribution in [3.05, 3.63) is 20.8 Å². The molecule has 1 unspecified atom stereocenters. The third kappa shape index (κ3) is 5.19. The fraction of sp³-hybridized carbons (Fsp3) is 0.583. The van der Waals surface area contributed by atoms with Crippen LogP contribution in [-0.2, 0) is 11.3 Å². The van der Waals surface area contributed by atoms with Crippen molar-refractivity contribution in [3.63, 3.8) is 0 Å². The number of halogens is 1. The first kappa shape index (κ1) is 14.7. The van der Waals surface area contributed by atoms with Gasteiger partial charge < -0.3 is 10.6 Å². The first-order valence-electron chi connectivity index (χ1n) is 5.55. The molecule has 0 aliphatic heterocycles. The number of carbonyl (C=O) groups is 1. The van der Waals surface area contributed by atoms with Crippen LogP contribution in [-0.4, -0.2) is 17.5 Å². The number of nitrogens with one attached hydrogen (secondary N) is 2. The van der Waals surface area contributed by atoms with Crippen LogP contribution >= 0.6 is 27.3 Å². The fourth-order valence-electron chi connectivity index (χ4n) is 1.27. The minimum Gasteiger partial charge on any atom is -0.350 e. The monoisotopic (exact) mass is 318 g/mol. The third-order valence-electron chi connectivity index (χ3n) is 2.18. The molecule has 3 nitrogen and oxygen atoms in total. The van der Waals surface area contributed by atoms with Gasteiger partial charge in [-0.15, -0.1) is 0 Å². The first-order chi connectivity index (χ1) is 7.79. The van der Waals surface area contributed by atoms with Crippen molar-refractivity contribution in [2.24, 2.45) is 0 Å². The minimum atomic E-state index is -0.193. The number of hydrogen-bond donors (Lipinski definition) is 2. The average molecular weight is 319 g/mol. The summed E-state index contributed by atoms with van der Waals surface area (Å²) in [6.45, 7) is 8.51. The van der Waals surface area contributed by atoms with Crippen LogP contribution in [0.3, 0.4) is 0 Å². The number of hydrogen-bond acceptors (Lipinski definition) is 3. The van der Waals surface area contributed by atoms with Crippen LogP contribution in [0.25, 0.3) is 0 Å². The molecule has 0 radical (unpaired) electrons. The highest BCUT2D eigenvalue weighted by molar-refractivity contribution is 9.10. The van der Waals surface area contributed by atoms with Crippen LogP contribution in [0.15, 0.2) is 15.2 Å². The summed E-state index contributed by atoms with van der Waals surface area (Å²) in [5, 5.41) is 10.3. The summed E-state index contributed by atoms with van der Waals surface area (Å²) in [7, 11) is 0. The van der Waals surface area contributed by atoms with E-state index in [2.05, 4.69) is 31.9 Å². The van der Waals surface area contributed by atoms with Crippen molar-refractivity contribution < 1.29 is 4.79 Å². The summed E-state index contributed by atoms with van der Waals surface area (Å²) in [4.78, 5) is 11.8. The third-order valence-corrected chi connectivity index (χ3v) is 4.01. The second-order valence-electron chi connectivity index (χ2n) is 5.09. The predicted octanol–water partition coefficient (Wildman–Crippen LogP) is 2.90. The molecule has 0 aliphatic carbocycles. The maximum atomic E-state index is 11.8. The zero-order valence-corrected chi connectivity index (χ0v) is 13.0. The van der Waals surface area contributed by atoms with Gasteiger partial charge in [-0.25, -0.2) is 0 Å². The fourth-order valence-corrected chi connectivity index (χ4v) is 2.71. The van der Waals surface area contributed by atoms with Gasteiger partial charge in [0, 0.05) is 21.9 Å². The molecule has 1 heterocycles. The van der Waals surface area contributed by atoms with Gasteiger partial charge in [0.25, 0.3) is 0 Å². The Kier molecular flexibility index (Phi) is 5.16. The van der Waals surface area contributed by atoms with E-state index >= 15 is 0 Å². The van der Waals surface area contributed by atoms with Gasteiger partial charge in [-0.05, 0) is 54.6 Å². The van der Waals surface area contributed by atoms with Gasteiger partial charge in [0.1, 0.15) is 0 Å². The van der Waals surface area contributed by atoms with Gasteiger partial charge in [0.2, 0.25) is 5.91 Å². The Morgan fingerprint density at radius 1 is 1.47 bits per heavy atom. The molecule has 17 heavy (non-hydrogen) atoms. The Labute approximate surface area is 115 Å². The first-order valence-corrected chi connectivity index (χ1v) is 7.29. The van der Waals surface area contributed by atoms with Gasteiger partial charge in [-0.1, -0.05) is 0 Å². The summed E-state index contributed by atoms with van der Waals surface area (Å²) in [5.74, 6) is 0.0313. The van der Waals surface area contributed by atoms with Crippen molar-refractivity contribution in [2.75, 3.05) is 0 Å². The van der Waals surface area contributed by atoms with E-state index in [-0.39, 0.29) is 17.5 Å². The normalized spacial score (nSPS) is 13.5. The lowest BCUT2D eigenvalue weighted by Gasteiger charge is -2.23. The predicted molar refractivity (Wildman–Crippen MR) is 76.2 cm³/mol. The molecule has 0 saturated heterocycles. The molecule has 2 N–H and O–H groups in total. The Balaban J connectivity index is 2.42. The second-order valence-corrected chi connectivity index (χ2v) is 6.68. The molecule has 1 amide bonds. The van der Waals surface area contributed by atoms with Crippen LogP contribution in [0.4, 0.5) is 0 Å². The van der Waals surface area contributed by atoms with Crippen LogP contribution in [0.1, 0.15) is 33.3 Å². The van der Waals surface area contributed by atoms with Gasteiger partial charge >= 0.3 is 0 Å². The Morgan fingerprint density at radius 2 is 2.12 bits per heavy atom. The van der Waals surface area contributed by atoms with E-state index in [0.29, 0.717) is 6.54 Å². The highest BCUT2D eigenvalue weighted by Gasteiger charge is 2.18. The minimum absolute atomic E-state index is 0.0313. The molecule has 0 fully saturated rings. The Morgan fingerprint density at radius 3 is 2.59 bits per heavy atom. The molecule has 5 heteroatoms. The molecule has 96 valence electrons. The van der Waals surface area contributed by atoms with Crippen molar-refractivity contribution in [1.29, 1.82) is 0 Å². The van der Waals surface area contributed by atoms with Crippen LogP contribution in [0.5, 0.6) is 0 Å². The molecule has 1 rings (SSSR count). The quantitative estimate of drug-likeness (QED) is 0.896. The smallest absolute Gasteiger partial charge is 0.237 e. The SMILES string of the molecule is CC(NCc1cscc1Br)C(=O)NC(C)(C)C. The van der Waals surface area contributed by atoms with E-state index in [1.165, 1.54) is 5.56 Å². The summed E-state index contributed by atoms with van der Waals surface area (Å²) in [5.41, 5.74) is 1.00. The van der Waals surface area contributed by atoms with E-state index in [0.717, 1.165) is 4.47 Å². The largest absolute Gasteiger partial charge is 0.350 e. The lowest BCUT2D eigenvalue weighted by atomic mass is 10.1. The maximum absolute atomic E-state index is 11.8. The van der Waals surface area contributed by atoms with Gasteiger partial charge in [-0.3, -0.25) is 4.79 Å². The van der Waals surface area contributed by atoms with Crippen LogP contribution in [0, 0.1) is 0 Å². The van der Waals surface area contributed by atoms with Gasteiger partial charge in [0.05, 0.1) is 6.04 Å². The van der Waals surface area contributed by atoms with Crippen molar-refractivity contribution in [3.8, 4) is 0 Å². The lowest BCUT2D eigenvalue weighted by Crippen LogP contribution is -2.49. The van der Waals surface area contributed by atoms with Crippen LogP contribution < -0.4 is 10.6 Å². The highest BCUT2D eigenvalue weighted by Crippen LogP contribution is 2.20.